The van der Waals surface area contributed by atoms with Gasteiger partial charge in [-0.2, -0.15) is 0 Å². The zero-order valence-corrected chi connectivity index (χ0v) is 43.7. The molecule has 5 heterocycles. The summed E-state index contributed by atoms with van der Waals surface area (Å²) in [5, 5.41) is 7.07. The molecule has 0 amide bonds. The predicted octanol–water partition coefficient (Wildman–Crippen LogP) is 17.4. The summed E-state index contributed by atoms with van der Waals surface area (Å²) < 4.78 is 18.7. The molecule has 15 rings (SSSR count). The van der Waals surface area contributed by atoms with Crippen LogP contribution in [0.15, 0.2) is 243 Å². The van der Waals surface area contributed by atoms with E-state index in [4.69, 9.17) is 9.72 Å². The Hall–Kier alpha value is -9.98. The third-order valence-electron chi connectivity index (χ3n) is 15.8. The second-order valence-electron chi connectivity index (χ2n) is 21.4. The van der Waals surface area contributed by atoms with Crippen molar-refractivity contribution >= 4 is 76.5 Å². The zero-order chi connectivity index (χ0) is 52.2. The summed E-state index contributed by atoms with van der Waals surface area (Å²) in [6.07, 6.45) is 5.81. The van der Waals surface area contributed by atoms with Gasteiger partial charge in [-0.25, -0.2) is 4.98 Å². The first-order valence-corrected chi connectivity index (χ1v) is 26.7. The van der Waals surface area contributed by atoms with Crippen LogP contribution < -0.4 is 9.30 Å². The normalized spacial score (nSPS) is 12.1. The highest BCUT2D eigenvalue weighted by molar-refractivity contribution is 6.40. The molecule has 7 nitrogen and oxygen atoms in total. The number of ether oxygens (including phenoxy) is 1. The number of imidazole rings is 1. The Bertz CT molecular complexity index is 4800. The van der Waals surface area contributed by atoms with Crippen molar-refractivity contribution in [1.29, 1.82) is 0 Å². The van der Waals surface area contributed by atoms with Crippen LogP contribution in [-0.2, 0) is 12.5 Å². The van der Waals surface area contributed by atoms with Gasteiger partial charge in [0.05, 0.1) is 50.0 Å². The number of hydrogen-bond acceptors (Lipinski definition) is 2. The standard InChI is InChI=1S/C71H52N6O/c1-71(2,3)48-40-41-72-63(42-48)77-62-44-52(38-39-57(62)64-65-55-30-14-16-34-58(55)73(4)69(65)70-66(68(64)77)56-31-15-17-35-59(56)76(70)49-26-12-7-13-27-49)78-51-29-20-28-50(43-51)74-45-75(61-37-19-18-36-60(61)74)67-53(46-22-8-5-9-23-46)32-21-33-54(67)47-24-10-6-11-25-47/h5-44H,1-4H3. The topological polar surface area (TPSA) is 45.7 Å². The first-order valence-electron chi connectivity index (χ1n) is 26.7. The number of pyridine rings is 1. The van der Waals surface area contributed by atoms with Gasteiger partial charge in [-0.15, -0.1) is 0 Å². The van der Waals surface area contributed by atoms with Gasteiger partial charge >= 0.3 is 0 Å². The van der Waals surface area contributed by atoms with Crippen LogP contribution >= 0.6 is 0 Å². The Kier molecular flexibility index (Phi) is 10.2. The number of hydrogen-bond donors (Lipinski definition) is 0. The van der Waals surface area contributed by atoms with Gasteiger partial charge in [0.1, 0.15) is 17.3 Å². The van der Waals surface area contributed by atoms with E-state index in [9.17, 15) is 0 Å². The highest BCUT2D eigenvalue weighted by Gasteiger charge is 2.29. The Balaban J connectivity index is 0.957. The van der Waals surface area contributed by atoms with Crippen LogP contribution in [0.3, 0.4) is 0 Å². The Morgan fingerprint density at radius 2 is 1.05 bits per heavy atom. The number of aryl methyl sites for hydroxylation is 1. The third-order valence-corrected chi connectivity index (χ3v) is 15.8. The number of benzene rings is 10. The Labute approximate surface area is 451 Å². The summed E-state index contributed by atoms with van der Waals surface area (Å²) in [5.74, 6) is 2.28. The van der Waals surface area contributed by atoms with Crippen LogP contribution in [0.25, 0.3) is 122 Å². The summed E-state index contributed by atoms with van der Waals surface area (Å²) in [6.45, 7) is 6.80. The molecule has 0 atom stereocenters. The molecule has 0 fully saturated rings. The van der Waals surface area contributed by atoms with E-state index < -0.39 is 0 Å². The van der Waals surface area contributed by atoms with Gasteiger partial charge in [-0.1, -0.05) is 185 Å². The average Bonchev–Trinajstić information content (AvgIpc) is 3.02. The third kappa shape index (κ3) is 6.98. The first-order chi connectivity index (χ1) is 38.3. The van der Waals surface area contributed by atoms with Crippen LogP contribution in [0.2, 0.25) is 0 Å². The van der Waals surface area contributed by atoms with E-state index in [0.29, 0.717) is 11.5 Å². The van der Waals surface area contributed by atoms with Gasteiger partial charge < -0.3 is 13.9 Å². The molecular formula is C71H52N6O. The van der Waals surface area contributed by atoms with Crippen LogP contribution in [0.1, 0.15) is 26.3 Å². The number of fused-ring (bicyclic) bond motifs is 13. The van der Waals surface area contributed by atoms with Crippen molar-refractivity contribution in [2.24, 2.45) is 7.05 Å². The molecule has 0 saturated carbocycles. The second kappa shape index (κ2) is 17.5. The summed E-state index contributed by atoms with van der Waals surface area (Å²) >= 11 is 0. The van der Waals surface area contributed by atoms with Gasteiger partial charge in [0.15, 0.2) is 0 Å². The Morgan fingerprint density at radius 1 is 0.462 bits per heavy atom. The van der Waals surface area contributed by atoms with Gasteiger partial charge in [0.2, 0.25) is 0 Å². The zero-order valence-electron chi connectivity index (χ0n) is 43.7. The number of aromatic nitrogens is 6. The van der Waals surface area contributed by atoms with E-state index >= 15 is 0 Å². The quantitative estimate of drug-likeness (QED) is 0.112. The van der Waals surface area contributed by atoms with Crippen molar-refractivity contribution in [3.8, 4) is 56.6 Å². The van der Waals surface area contributed by atoms with Gasteiger partial charge in [0.25, 0.3) is 6.33 Å². The summed E-state index contributed by atoms with van der Waals surface area (Å²) in [7, 11) is 2.22. The van der Waals surface area contributed by atoms with E-state index in [1.807, 2.05) is 12.3 Å². The lowest BCUT2D eigenvalue weighted by molar-refractivity contribution is -0.572. The minimum atomic E-state index is -0.117. The summed E-state index contributed by atoms with van der Waals surface area (Å²) in [4.78, 5) is 5.25. The SMILES string of the molecule is Cn1c2ccccc2c2c3c4ccc(Oc5cccc(-[n+]6[c-]n(-c7c(-c8ccccc8)cccc7-c7ccccc7)c7ccccc76)c5)cc4n(-c4cc(C(C)(C)C)ccn4)c3c3c4ccccc4n(-c4ccccc4)c3c21. The van der Waals surface area contributed by atoms with Crippen LogP contribution in [0.5, 0.6) is 11.5 Å². The maximum absolute atomic E-state index is 7.08. The molecule has 10 aromatic carbocycles. The van der Waals surface area contributed by atoms with Crippen molar-refractivity contribution < 1.29 is 9.30 Å². The number of para-hydroxylation sites is 6. The molecule has 0 N–H and O–H groups in total. The molecule has 15 aromatic rings. The van der Waals surface area contributed by atoms with Gasteiger partial charge in [-0.05, 0) is 100.0 Å². The second-order valence-corrected chi connectivity index (χ2v) is 21.4. The lowest BCUT2D eigenvalue weighted by Crippen LogP contribution is -2.29. The summed E-state index contributed by atoms with van der Waals surface area (Å²) in [6, 6.07) is 84.2. The van der Waals surface area contributed by atoms with Crippen molar-refractivity contribution in [3.05, 3.63) is 255 Å². The Morgan fingerprint density at radius 3 is 1.77 bits per heavy atom. The van der Waals surface area contributed by atoms with E-state index in [1.54, 1.807) is 0 Å². The molecule has 0 aliphatic carbocycles. The van der Waals surface area contributed by atoms with Crippen LogP contribution in [-0.4, -0.2) is 23.3 Å². The van der Waals surface area contributed by atoms with E-state index in [-0.39, 0.29) is 5.41 Å². The summed E-state index contributed by atoms with van der Waals surface area (Å²) in [5.41, 5.74) is 17.5. The molecule has 372 valence electrons. The maximum atomic E-state index is 7.08. The predicted molar refractivity (Wildman–Crippen MR) is 320 cm³/mol. The minimum Gasteiger partial charge on any atom is -0.458 e. The molecule has 0 spiro atoms. The smallest absolute Gasteiger partial charge is 0.269 e. The maximum Gasteiger partial charge on any atom is 0.269 e. The van der Waals surface area contributed by atoms with Crippen molar-refractivity contribution in [3.63, 3.8) is 0 Å². The van der Waals surface area contributed by atoms with Gasteiger partial charge in [-0.3, -0.25) is 13.7 Å². The molecule has 0 saturated heterocycles. The number of rotatable bonds is 8. The molecule has 78 heavy (non-hydrogen) atoms. The molecule has 0 aliphatic heterocycles. The fourth-order valence-corrected chi connectivity index (χ4v) is 12.3. The first kappa shape index (κ1) is 45.4. The van der Waals surface area contributed by atoms with E-state index in [2.05, 4.69) is 288 Å². The monoisotopic (exact) mass is 1000 g/mol. The molecule has 0 unspecified atom stereocenters. The van der Waals surface area contributed by atoms with Crippen LogP contribution in [0.4, 0.5) is 0 Å². The fourth-order valence-electron chi connectivity index (χ4n) is 12.3. The lowest BCUT2D eigenvalue weighted by Gasteiger charge is -2.20. The molecule has 0 bridgehead atoms. The van der Waals surface area contributed by atoms with Crippen molar-refractivity contribution in [1.82, 2.24) is 23.3 Å². The van der Waals surface area contributed by atoms with Crippen molar-refractivity contribution in [2.75, 3.05) is 0 Å². The molecule has 0 radical (unpaired) electrons. The number of nitrogens with zero attached hydrogens (tertiary/aromatic N) is 6. The molecular weight excluding hydrogens is 953 g/mol. The van der Waals surface area contributed by atoms with E-state index in [1.165, 1.54) is 43.5 Å². The van der Waals surface area contributed by atoms with Crippen LogP contribution in [0, 0.1) is 6.33 Å². The highest BCUT2D eigenvalue weighted by Crippen LogP contribution is 2.50. The molecule has 5 aromatic heterocycles. The fraction of sp³-hybridized carbons (Fsp3) is 0.0704. The average molecular weight is 1010 g/mol. The van der Waals surface area contributed by atoms with Crippen molar-refractivity contribution in [2.45, 2.75) is 26.2 Å². The molecule has 0 aliphatic rings. The van der Waals surface area contributed by atoms with Gasteiger partial charge in [0, 0.05) is 62.8 Å². The highest BCUT2D eigenvalue weighted by atomic mass is 16.5. The molecule has 7 heteroatoms. The largest absolute Gasteiger partial charge is 0.458 e. The van der Waals surface area contributed by atoms with E-state index in [0.717, 1.165) is 83.6 Å². The minimum absolute atomic E-state index is 0.117. The lowest BCUT2D eigenvalue weighted by atomic mass is 9.88.